The molecule has 1 aliphatic carbocycles. The molecule has 0 saturated heterocycles. The summed E-state index contributed by atoms with van der Waals surface area (Å²) in [7, 11) is 0. The van der Waals surface area contributed by atoms with E-state index in [1.807, 2.05) is 0 Å². The van der Waals surface area contributed by atoms with Crippen LogP contribution in [0.5, 0.6) is 0 Å². The topological polar surface area (TPSA) is 40.5 Å². The van der Waals surface area contributed by atoms with Gasteiger partial charge in [-0.25, -0.2) is 0 Å². The zero-order valence-corrected chi connectivity index (χ0v) is 11.7. The molecule has 0 aromatic heterocycles. The maximum atomic E-state index is 11.0. The lowest BCUT2D eigenvalue weighted by Crippen LogP contribution is -2.52. The second-order valence-corrected chi connectivity index (χ2v) is 6.07. The number of carboxylic acids is 1. The molecule has 1 N–H and O–H groups in total. The van der Waals surface area contributed by atoms with Crippen molar-refractivity contribution in [2.24, 2.45) is 5.41 Å². The van der Waals surface area contributed by atoms with Gasteiger partial charge in [-0.05, 0) is 31.6 Å². The highest BCUT2D eigenvalue weighted by Crippen LogP contribution is 2.39. The first-order valence-electron chi connectivity index (χ1n) is 6.86. The van der Waals surface area contributed by atoms with Gasteiger partial charge in [-0.1, -0.05) is 33.6 Å². The largest absolute Gasteiger partial charge is 0.480 e. The molecule has 1 saturated carbocycles. The number of hydrogen-bond acceptors (Lipinski definition) is 2. The summed E-state index contributed by atoms with van der Waals surface area (Å²) < 4.78 is 0. The molecule has 0 radical (unpaired) electrons. The monoisotopic (exact) mass is 241 g/mol. The minimum atomic E-state index is -0.702. The molecule has 0 bridgehead atoms. The number of aliphatic carboxylic acids is 1. The van der Waals surface area contributed by atoms with Crippen LogP contribution in [0.2, 0.25) is 0 Å². The Hall–Kier alpha value is -0.570. The molecular weight excluding hydrogens is 214 g/mol. The summed E-state index contributed by atoms with van der Waals surface area (Å²) in [6.45, 7) is 9.04. The molecule has 2 atom stereocenters. The van der Waals surface area contributed by atoms with Crippen LogP contribution in [-0.2, 0) is 4.79 Å². The molecule has 0 amide bonds. The predicted octanol–water partition coefficient (Wildman–Crippen LogP) is 3.14. The van der Waals surface area contributed by atoms with Gasteiger partial charge in [0.1, 0.15) is 0 Å². The molecule has 1 rings (SSSR count). The number of rotatable bonds is 5. The standard InChI is InChI=1S/C14H27NO2/c1-5-11(2)15(10-13(16)17)12-8-6-7-9-14(12,3)4/h11-12H,5-10H2,1-4H3,(H,16,17). The third kappa shape index (κ3) is 3.70. The Morgan fingerprint density at radius 3 is 2.59 bits per heavy atom. The van der Waals surface area contributed by atoms with Crippen molar-refractivity contribution in [3.63, 3.8) is 0 Å². The van der Waals surface area contributed by atoms with E-state index in [1.54, 1.807) is 0 Å². The first-order valence-corrected chi connectivity index (χ1v) is 6.86. The van der Waals surface area contributed by atoms with Crippen molar-refractivity contribution < 1.29 is 9.90 Å². The molecule has 1 fully saturated rings. The Morgan fingerprint density at radius 1 is 1.47 bits per heavy atom. The van der Waals surface area contributed by atoms with Crippen molar-refractivity contribution in [2.75, 3.05) is 6.54 Å². The normalized spacial score (nSPS) is 25.8. The van der Waals surface area contributed by atoms with Gasteiger partial charge in [-0.15, -0.1) is 0 Å². The number of hydrogen-bond donors (Lipinski definition) is 1. The van der Waals surface area contributed by atoms with Gasteiger partial charge in [0.2, 0.25) is 0 Å². The van der Waals surface area contributed by atoms with Crippen LogP contribution in [-0.4, -0.2) is 34.6 Å². The third-order valence-corrected chi connectivity index (χ3v) is 4.33. The van der Waals surface area contributed by atoms with Gasteiger partial charge in [0, 0.05) is 12.1 Å². The van der Waals surface area contributed by atoms with Crippen LogP contribution < -0.4 is 0 Å². The molecule has 0 heterocycles. The molecule has 17 heavy (non-hydrogen) atoms. The number of nitrogens with zero attached hydrogens (tertiary/aromatic N) is 1. The minimum absolute atomic E-state index is 0.184. The highest BCUT2D eigenvalue weighted by Gasteiger charge is 2.38. The average molecular weight is 241 g/mol. The second kappa shape index (κ2) is 5.85. The molecule has 0 aliphatic heterocycles. The van der Waals surface area contributed by atoms with E-state index in [0.29, 0.717) is 12.1 Å². The first-order chi connectivity index (χ1) is 7.88. The summed E-state index contributed by atoms with van der Waals surface area (Å²) in [5, 5.41) is 9.09. The van der Waals surface area contributed by atoms with E-state index in [9.17, 15) is 4.79 Å². The van der Waals surface area contributed by atoms with E-state index in [0.717, 1.165) is 12.8 Å². The third-order valence-electron chi connectivity index (χ3n) is 4.33. The van der Waals surface area contributed by atoms with E-state index >= 15 is 0 Å². The van der Waals surface area contributed by atoms with Crippen LogP contribution in [0.1, 0.15) is 59.8 Å². The maximum Gasteiger partial charge on any atom is 0.317 e. The summed E-state index contributed by atoms with van der Waals surface area (Å²) in [5.74, 6) is -0.702. The van der Waals surface area contributed by atoms with Crippen molar-refractivity contribution in [3.05, 3.63) is 0 Å². The zero-order chi connectivity index (χ0) is 13.1. The smallest absolute Gasteiger partial charge is 0.317 e. The zero-order valence-electron chi connectivity index (χ0n) is 11.7. The lowest BCUT2D eigenvalue weighted by atomic mass is 9.72. The van der Waals surface area contributed by atoms with E-state index < -0.39 is 5.97 Å². The van der Waals surface area contributed by atoms with Crippen LogP contribution in [0.4, 0.5) is 0 Å². The van der Waals surface area contributed by atoms with Gasteiger partial charge < -0.3 is 5.11 Å². The molecule has 100 valence electrons. The average Bonchev–Trinajstić information content (AvgIpc) is 2.24. The Morgan fingerprint density at radius 2 is 2.12 bits per heavy atom. The SMILES string of the molecule is CCC(C)N(CC(=O)O)C1CCCCC1(C)C. The predicted molar refractivity (Wildman–Crippen MR) is 70.1 cm³/mol. The van der Waals surface area contributed by atoms with Crippen LogP contribution in [0.25, 0.3) is 0 Å². The van der Waals surface area contributed by atoms with Gasteiger partial charge in [-0.2, -0.15) is 0 Å². The first kappa shape index (κ1) is 14.5. The van der Waals surface area contributed by atoms with Crippen molar-refractivity contribution in [1.82, 2.24) is 4.90 Å². The molecular formula is C14H27NO2. The van der Waals surface area contributed by atoms with Crippen molar-refractivity contribution in [1.29, 1.82) is 0 Å². The fourth-order valence-electron chi connectivity index (χ4n) is 3.05. The van der Waals surface area contributed by atoms with Gasteiger partial charge >= 0.3 is 5.97 Å². The van der Waals surface area contributed by atoms with Crippen molar-refractivity contribution in [3.8, 4) is 0 Å². The van der Waals surface area contributed by atoms with Gasteiger partial charge in [0.25, 0.3) is 0 Å². The van der Waals surface area contributed by atoms with E-state index in [4.69, 9.17) is 5.11 Å². The quantitative estimate of drug-likeness (QED) is 0.804. The van der Waals surface area contributed by atoms with E-state index in [2.05, 4.69) is 32.6 Å². The van der Waals surface area contributed by atoms with Gasteiger partial charge in [-0.3, -0.25) is 9.69 Å². The number of carbonyl (C=O) groups is 1. The van der Waals surface area contributed by atoms with Crippen molar-refractivity contribution in [2.45, 2.75) is 71.9 Å². The highest BCUT2D eigenvalue weighted by atomic mass is 16.4. The van der Waals surface area contributed by atoms with Crippen LogP contribution in [0.3, 0.4) is 0 Å². The fraction of sp³-hybridized carbons (Fsp3) is 0.929. The highest BCUT2D eigenvalue weighted by molar-refractivity contribution is 5.69. The molecule has 0 spiro atoms. The molecule has 1 aliphatic rings. The lowest BCUT2D eigenvalue weighted by molar-refractivity contribution is -0.141. The molecule has 0 aromatic carbocycles. The fourth-order valence-corrected chi connectivity index (χ4v) is 3.05. The van der Waals surface area contributed by atoms with Crippen LogP contribution >= 0.6 is 0 Å². The number of carboxylic acid groups (broad SMARTS) is 1. The van der Waals surface area contributed by atoms with Gasteiger partial charge in [0.15, 0.2) is 0 Å². The summed E-state index contributed by atoms with van der Waals surface area (Å²) >= 11 is 0. The minimum Gasteiger partial charge on any atom is -0.480 e. The Balaban J connectivity index is 2.83. The molecule has 0 aromatic rings. The van der Waals surface area contributed by atoms with E-state index in [-0.39, 0.29) is 12.0 Å². The van der Waals surface area contributed by atoms with Gasteiger partial charge in [0.05, 0.1) is 6.54 Å². The Kier molecular flexibility index (Phi) is 4.99. The summed E-state index contributed by atoms with van der Waals surface area (Å²) in [4.78, 5) is 13.3. The van der Waals surface area contributed by atoms with E-state index in [1.165, 1.54) is 19.3 Å². The van der Waals surface area contributed by atoms with Crippen molar-refractivity contribution >= 4 is 5.97 Å². The Bertz CT molecular complexity index is 263. The molecule has 3 nitrogen and oxygen atoms in total. The lowest BCUT2D eigenvalue weighted by Gasteiger charge is -2.47. The summed E-state index contributed by atoms with van der Waals surface area (Å²) in [6.07, 6.45) is 5.89. The second-order valence-electron chi connectivity index (χ2n) is 6.07. The van der Waals surface area contributed by atoms with Crippen LogP contribution in [0.15, 0.2) is 0 Å². The molecule has 2 unspecified atom stereocenters. The van der Waals surface area contributed by atoms with Crippen LogP contribution in [0, 0.1) is 5.41 Å². The summed E-state index contributed by atoms with van der Waals surface area (Å²) in [5.41, 5.74) is 0.247. The summed E-state index contributed by atoms with van der Waals surface area (Å²) in [6, 6.07) is 0.774. The maximum absolute atomic E-state index is 11.0. The molecule has 3 heteroatoms. The Labute approximate surface area is 105 Å².